The van der Waals surface area contributed by atoms with Crippen LogP contribution in [0.15, 0.2) is 18.2 Å². The first-order valence-electron chi connectivity index (χ1n) is 10.2. The Balaban J connectivity index is 1.39. The summed E-state index contributed by atoms with van der Waals surface area (Å²) >= 11 is 0. The summed E-state index contributed by atoms with van der Waals surface area (Å²) in [6.07, 6.45) is 5.02. The van der Waals surface area contributed by atoms with Gasteiger partial charge in [0.25, 0.3) is 5.91 Å². The van der Waals surface area contributed by atoms with Crippen molar-refractivity contribution >= 4 is 17.7 Å². The van der Waals surface area contributed by atoms with Gasteiger partial charge in [0.15, 0.2) is 0 Å². The molecule has 7 heteroatoms. The van der Waals surface area contributed by atoms with Crippen LogP contribution in [0.1, 0.15) is 60.0 Å². The Labute approximate surface area is 164 Å². The topological polar surface area (TPSA) is 98.7 Å². The summed E-state index contributed by atoms with van der Waals surface area (Å²) in [5.74, 6) is -0.395. The van der Waals surface area contributed by atoms with Crippen LogP contribution in [0.3, 0.4) is 0 Å². The lowest BCUT2D eigenvalue weighted by Crippen LogP contribution is -2.52. The van der Waals surface area contributed by atoms with Crippen LogP contribution >= 0.6 is 0 Å². The molecule has 150 valence electrons. The number of hydrogen-bond acceptors (Lipinski definition) is 5. The molecule has 1 aromatic rings. The van der Waals surface area contributed by atoms with Crippen LogP contribution in [0.2, 0.25) is 0 Å². The fourth-order valence-corrected chi connectivity index (χ4v) is 4.64. The number of carbonyl (C=O) groups excluding carboxylic acids is 3. The molecule has 7 nitrogen and oxygen atoms in total. The molecule has 4 rings (SSSR count). The number of aliphatic hydroxyl groups is 1. The van der Waals surface area contributed by atoms with E-state index in [-0.39, 0.29) is 30.7 Å². The Morgan fingerprint density at radius 3 is 2.82 bits per heavy atom. The molecule has 28 heavy (non-hydrogen) atoms. The maximum absolute atomic E-state index is 12.7. The molecule has 2 fully saturated rings. The third kappa shape index (κ3) is 3.82. The second kappa shape index (κ2) is 8.01. The number of imide groups is 1. The third-order valence-corrected chi connectivity index (χ3v) is 6.22. The summed E-state index contributed by atoms with van der Waals surface area (Å²) in [6, 6.07) is 5.69. The number of nitrogens with one attached hydrogen (secondary N) is 2. The first-order chi connectivity index (χ1) is 13.5. The van der Waals surface area contributed by atoms with Crippen molar-refractivity contribution in [2.45, 2.75) is 63.7 Å². The predicted molar refractivity (Wildman–Crippen MR) is 102 cm³/mol. The standard InChI is InChI=1S/C21H27N3O4/c25-12-14-2-1-3-16(9-14)22-10-13-4-5-17-15(8-13)11-24(21(17)28)18-6-7-19(26)23-20(18)27/h4-5,8,14,16,18,22,25H,1-3,6-7,9-12H2,(H,23,26,27). The normalized spacial score (nSPS) is 27.7. The van der Waals surface area contributed by atoms with Gasteiger partial charge in [0.1, 0.15) is 6.04 Å². The van der Waals surface area contributed by atoms with E-state index in [2.05, 4.69) is 10.6 Å². The van der Waals surface area contributed by atoms with Gasteiger partial charge < -0.3 is 15.3 Å². The van der Waals surface area contributed by atoms with Crippen molar-refractivity contribution in [3.05, 3.63) is 34.9 Å². The van der Waals surface area contributed by atoms with Crippen LogP contribution in [0, 0.1) is 5.92 Å². The van der Waals surface area contributed by atoms with E-state index in [1.807, 2.05) is 18.2 Å². The molecule has 3 N–H and O–H groups in total. The average Bonchev–Trinajstić information content (AvgIpc) is 3.02. The highest BCUT2D eigenvalue weighted by Crippen LogP contribution is 2.29. The second-order valence-electron chi connectivity index (χ2n) is 8.18. The summed E-state index contributed by atoms with van der Waals surface area (Å²) in [7, 11) is 0. The van der Waals surface area contributed by atoms with Crippen LogP contribution in [0.25, 0.3) is 0 Å². The molecule has 0 spiro atoms. The lowest BCUT2D eigenvalue weighted by atomic mass is 9.86. The molecule has 1 saturated carbocycles. The zero-order valence-electron chi connectivity index (χ0n) is 15.9. The molecule has 0 bridgehead atoms. The Kier molecular flexibility index (Phi) is 5.46. The second-order valence-corrected chi connectivity index (χ2v) is 8.18. The van der Waals surface area contributed by atoms with Crippen molar-refractivity contribution in [2.75, 3.05) is 6.61 Å². The molecule has 3 atom stereocenters. The third-order valence-electron chi connectivity index (χ3n) is 6.22. The molecule has 1 aromatic carbocycles. The molecule has 2 heterocycles. The van der Waals surface area contributed by atoms with Gasteiger partial charge in [0.05, 0.1) is 0 Å². The van der Waals surface area contributed by atoms with Gasteiger partial charge in [-0.25, -0.2) is 0 Å². The Hall–Kier alpha value is -2.25. The highest BCUT2D eigenvalue weighted by Gasteiger charge is 2.39. The number of fused-ring (bicyclic) bond motifs is 1. The molecule has 3 amide bonds. The smallest absolute Gasteiger partial charge is 0.255 e. The first-order valence-corrected chi connectivity index (χ1v) is 10.2. The van der Waals surface area contributed by atoms with E-state index in [4.69, 9.17) is 0 Å². The largest absolute Gasteiger partial charge is 0.396 e. The highest BCUT2D eigenvalue weighted by molar-refractivity contribution is 6.05. The Morgan fingerprint density at radius 1 is 1.18 bits per heavy atom. The maximum atomic E-state index is 12.7. The number of carbonyl (C=O) groups is 3. The first kappa shape index (κ1) is 19.1. The number of aliphatic hydroxyl groups excluding tert-OH is 1. The van der Waals surface area contributed by atoms with Crippen LogP contribution in [-0.2, 0) is 22.7 Å². The van der Waals surface area contributed by atoms with Crippen LogP contribution in [-0.4, -0.2) is 46.4 Å². The fraction of sp³-hybridized carbons (Fsp3) is 0.571. The van der Waals surface area contributed by atoms with E-state index in [0.717, 1.165) is 43.4 Å². The van der Waals surface area contributed by atoms with Gasteiger partial charge in [0.2, 0.25) is 11.8 Å². The van der Waals surface area contributed by atoms with Gasteiger partial charge >= 0.3 is 0 Å². The average molecular weight is 385 g/mol. The minimum atomic E-state index is -0.572. The molecule has 3 aliphatic rings. The lowest BCUT2D eigenvalue weighted by Gasteiger charge is -2.29. The number of hydrogen-bond donors (Lipinski definition) is 3. The van der Waals surface area contributed by atoms with Crippen molar-refractivity contribution in [3.8, 4) is 0 Å². The van der Waals surface area contributed by atoms with Gasteiger partial charge in [-0.05, 0) is 48.8 Å². The highest BCUT2D eigenvalue weighted by atomic mass is 16.3. The van der Waals surface area contributed by atoms with Crippen molar-refractivity contribution in [2.24, 2.45) is 5.92 Å². The monoisotopic (exact) mass is 385 g/mol. The van der Waals surface area contributed by atoms with Gasteiger partial charge in [0, 0.05) is 37.7 Å². The van der Waals surface area contributed by atoms with E-state index in [1.165, 1.54) is 0 Å². The minimum Gasteiger partial charge on any atom is -0.396 e. The number of piperidine rings is 1. The van der Waals surface area contributed by atoms with Crippen molar-refractivity contribution in [1.82, 2.24) is 15.5 Å². The van der Waals surface area contributed by atoms with Crippen LogP contribution < -0.4 is 10.6 Å². The number of benzene rings is 1. The molecule has 2 aliphatic heterocycles. The van der Waals surface area contributed by atoms with Gasteiger partial charge in [-0.3, -0.25) is 19.7 Å². The summed E-state index contributed by atoms with van der Waals surface area (Å²) < 4.78 is 0. The summed E-state index contributed by atoms with van der Waals surface area (Å²) in [4.78, 5) is 37.8. The fourth-order valence-electron chi connectivity index (χ4n) is 4.64. The van der Waals surface area contributed by atoms with Crippen LogP contribution in [0.5, 0.6) is 0 Å². The molecular weight excluding hydrogens is 358 g/mol. The number of nitrogens with zero attached hydrogens (tertiary/aromatic N) is 1. The van der Waals surface area contributed by atoms with Crippen molar-refractivity contribution in [1.29, 1.82) is 0 Å². The SMILES string of the molecule is O=C1CCC(N2Cc3cc(CNC4CCCC(CO)C4)ccc3C2=O)C(=O)N1. The summed E-state index contributed by atoms with van der Waals surface area (Å²) in [5.41, 5.74) is 2.69. The van der Waals surface area contributed by atoms with E-state index < -0.39 is 6.04 Å². The minimum absolute atomic E-state index is 0.137. The lowest BCUT2D eigenvalue weighted by molar-refractivity contribution is -0.136. The Morgan fingerprint density at radius 2 is 2.04 bits per heavy atom. The molecular formula is C21H27N3O4. The van der Waals surface area contributed by atoms with Crippen molar-refractivity contribution in [3.63, 3.8) is 0 Å². The zero-order chi connectivity index (χ0) is 19.7. The van der Waals surface area contributed by atoms with E-state index in [0.29, 0.717) is 30.5 Å². The molecule has 3 unspecified atom stereocenters. The quantitative estimate of drug-likeness (QED) is 0.659. The maximum Gasteiger partial charge on any atom is 0.255 e. The Bertz CT molecular complexity index is 794. The van der Waals surface area contributed by atoms with E-state index in [1.54, 1.807) is 4.90 Å². The van der Waals surface area contributed by atoms with E-state index in [9.17, 15) is 19.5 Å². The predicted octanol–water partition coefficient (Wildman–Crippen LogP) is 1.09. The summed E-state index contributed by atoms with van der Waals surface area (Å²) in [6.45, 7) is 1.39. The van der Waals surface area contributed by atoms with Crippen molar-refractivity contribution < 1.29 is 19.5 Å². The van der Waals surface area contributed by atoms with Gasteiger partial charge in [-0.2, -0.15) is 0 Å². The zero-order valence-corrected chi connectivity index (χ0v) is 15.9. The molecule has 1 saturated heterocycles. The van der Waals surface area contributed by atoms with Gasteiger partial charge in [-0.1, -0.05) is 18.6 Å². The molecule has 0 aromatic heterocycles. The number of amides is 3. The van der Waals surface area contributed by atoms with Gasteiger partial charge in [-0.15, -0.1) is 0 Å². The number of rotatable bonds is 5. The molecule has 0 radical (unpaired) electrons. The van der Waals surface area contributed by atoms with E-state index >= 15 is 0 Å². The summed E-state index contributed by atoms with van der Waals surface area (Å²) in [5, 5.41) is 15.3. The van der Waals surface area contributed by atoms with Crippen LogP contribution in [0.4, 0.5) is 0 Å². The molecule has 1 aliphatic carbocycles.